The number of carbonyl (C=O) groups is 1. The molecule has 5 nitrogen and oxygen atoms in total. The normalized spacial score (nSPS) is 30.3. The van der Waals surface area contributed by atoms with Crippen LogP contribution in [0.25, 0.3) is 0 Å². The van der Waals surface area contributed by atoms with E-state index in [1.807, 2.05) is 30.3 Å². The molecule has 132 valence electrons. The van der Waals surface area contributed by atoms with Gasteiger partial charge in [0.2, 0.25) is 0 Å². The quantitative estimate of drug-likeness (QED) is 0.615. The molecule has 4 atom stereocenters. The van der Waals surface area contributed by atoms with Crippen molar-refractivity contribution in [1.82, 2.24) is 0 Å². The van der Waals surface area contributed by atoms with Crippen molar-refractivity contribution in [3.63, 3.8) is 0 Å². The SMILES string of the molecule is CC(C)(C)[Si](C)(C)OCC1OC(=O)C2OC(c3ccccc3)OC12. The summed E-state index contributed by atoms with van der Waals surface area (Å²) in [6, 6.07) is 9.64. The van der Waals surface area contributed by atoms with Gasteiger partial charge in [-0.05, 0) is 18.1 Å². The van der Waals surface area contributed by atoms with Crippen LogP contribution in [0, 0.1) is 0 Å². The lowest BCUT2D eigenvalue weighted by Gasteiger charge is -2.37. The molecule has 0 N–H and O–H groups in total. The van der Waals surface area contributed by atoms with Gasteiger partial charge in [0.05, 0.1) is 6.61 Å². The van der Waals surface area contributed by atoms with E-state index in [0.29, 0.717) is 6.61 Å². The first-order valence-electron chi connectivity index (χ1n) is 8.39. The maximum absolute atomic E-state index is 12.1. The van der Waals surface area contributed by atoms with Crippen LogP contribution < -0.4 is 0 Å². The van der Waals surface area contributed by atoms with Crippen molar-refractivity contribution >= 4 is 14.3 Å². The van der Waals surface area contributed by atoms with Gasteiger partial charge in [-0.2, -0.15) is 0 Å². The summed E-state index contributed by atoms with van der Waals surface area (Å²) in [6.07, 6.45) is -2.01. The third-order valence-corrected chi connectivity index (χ3v) is 9.70. The van der Waals surface area contributed by atoms with Gasteiger partial charge in [-0.15, -0.1) is 0 Å². The highest BCUT2D eigenvalue weighted by Gasteiger charge is 2.54. The second kappa shape index (κ2) is 6.26. The molecule has 0 spiro atoms. The summed E-state index contributed by atoms with van der Waals surface area (Å²) in [5, 5.41) is 0.106. The van der Waals surface area contributed by atoms with Gasteiger partial charge in [-0.1, -0.05) is 51.1 Å². The van der Waals surface area contributed by atoms with E-state index in [9.17, 15) is 4.79 Å². The van der Waals surface area contributed by atoms with Crippen LogP contribution in [-0.4, -0.2) is 39.2 Å². The number of esters is 1. The summed E-state index contributed by atoms with van der Waals surface area (Å²) in [5.74, 6) is -0.359. The minimum atomic E-state index is -1.91. The molecule has 0 bridgehead atoms. The minimum Gasteiger partial charge on any atom is -0.455 e. The van der Waals surface area contributed by atoms with E-state index >= 15 is 0 Å². The lowest BCUT2D eigenvalue weighted by atomic mass is 10.1. The number of carbonyl (C=O) groups excluding carboxylic acids is 1. The summed E-state index contributed by atoms with van der Waals surface area (Å²) in [5.41, 5.74) is 0.906. The van der Waals surface area contributed by atoms with E-state index in [2.05, 4.69) is 33.9 Å². The zero-order valence-electron chi connectivity index (χ0n) is 14.9. The Kier molecular flexibility index (Phi) is 4.59. The molecule has 24 heavy (non-hydrogen) atoms. The average molecular weight is 350 g/mol. The first-order valence-corrected chi connectivity index (χ1v) is 11.3. The van der Waals surface area contributed by atoms with Crippen molar-refractivity contribution in [2.24, 2.45) is 0 Å². The van der Waals surface area contributed by atoms with Gasteiger partial charge in [0, 0.05) is 5.56 Å². The van der Waals surface area contributed by atoms with Crippen molar-refractivity contribution in [1.29, 1.82) is 0 Å². The molecule has 2 fully saturated rings. The molecule has 4 unspecified atom stereocenters. The summed E-state index contributed by atoms with van der Waals surface area (Å²) in [6.45, 7) is 11.3. The van der Waals surface area contributed by atoms with Crippen LogP contribution in [0.4, 0.5) is 0 Å². The fourth-order valence-corrected chi connectivity index (χ4v) is 3.63. The number of benzene rings is 1. The van der Waals surface area contributed by atoms with Crippen LogP contribution in [0.3, 0.4) is 0 Å². The maximum atomic E-state index is 12.1. The van der Waals surface area contributed by atoms with Crippen molar-refractivity contribution in [3.05, 3.63) is 35.9 Å². The Bertz CT molecular complexity index is 595. The molecule has 6 heteroatoms. The Morgan fingerprint density at radius 3 is 2.42 bits per heavy atom. The summed E-state index contributed by atoms with van der Waals surface area (Å²) < 4.78 is 23.4. The Labute approximate surface area is 144 Å². The van der Waals surface area contributed by atoms with Crippen molar-refractivity contribution in [3.8, 4) is 0 Å². The Balaban J connectivity index is 1.66. The number of hydrogen-bond acceptors (Lipinski definition) is 5. The lowest BCUT2D eigenvalue weighted by Crippen LogP contribution is -2.44. The highest BCUT2D eigenvalue weighted by molar-refractivity contribution is 6.74. The number of fused-ring (bicyclic) bond motifs is 1. The molecule has 0 aromatic heterocycles. The first-order chi connectivity index (χ1) is 11.2. The van der Waals surface area contributed by atoms with Crippen molar-refractivity contribution in [2.45, 2.75) is 63.5 Å². The van der Waals surface area contributed by atoms with E-state index in [0.717, 1.165) is 5.56 Å². The average Bonchev–Trinajstić information content (AvgIpc) is 3.06. The fraction of sp³-hybridized carbons (Fsp3) is 0.611. The topological polar surface area (TPSA) is 54.0 Å². The van der Waals surface area contributed by atoms with Crippen molar-refractivity contribution < 1.29 is 23.4 Å². The third kappa shape index (κ3) is 3.28. The van der Waals surface area contributed by atoms with Crippen molar-refractivity contribution in [2.75, 3.05) is 6.61 Å². The summed E-state index contributed by atoms with van der Waals surface area (Å²) in [4.78, 5) is 12.1. The Hall–Kier alpha value is -1.21. The van der Waals surface area contributed by atoms with E-state index < -0.39 is 32.9 Å². The van der Waals surface area contributed by atoms with Crippen LogP contribution in [0.2, 0.25) is 18.1 Å². The molecule has 2 saturated heterocycles. The molecule has 0 saturated carbocycles. The van der Waals surface area contributed by atoms with Gasteiger partial charge < -0.3 is 18.6 Å². The molecule has 2 aliphatic heterocycles. The highest BCUT2D eigenvalue weighted by Crippen LogP contribution is 2.40. The second-order valence-corrected chi connectivity index (χ2v) is 12.8. The molecule has 1 aromatic rings. The van der Waals surface area contributed by atoms with E-state index in [4.69, 9.17) is 18.6 Å². The standard InChI is InChI=1S/C18H26O5Si/c1-18(2,3)24(4,5)20-11-13-14-15(16(19)21-13)23-17(22-14)12-9-7-6-8-10-12/h6-10,13-15,17H,11H2,1-5H3. The van der Waals surface area contributed by atoms with Gasteiger partial charge in [0.1, 0.15) is 6.10 Å². The zero-order valence-corrected chi connectivity index (χ0v) is 15.9. The molecule has 2 aliphatic rings. The van der Waals surface area contributed by atoms with E-state index in [-0.39, 0.29) is 11.0 Å². The molecule has 0 aliphatic carbocycles. The summed E-state index contributed by atoms with van der Waals surface area (Å²) >= 11 is 0. The largest absolute Gasteiger partial charge is 0.455 e. The summed E-state index contributed by atoms with van der Waals surface area (Å²) in [7, 11) is -1.91. The molecule has 3 rings (SSSR count). The first kappa shape index (κ1) is 17.6. The second-order valence-electron chi connectivity index (χ2n) is 7.95. The van der Waals surface area contributed by atoms with Gasteiger partial charge >= 0.3 is 5.97 Å². The predicted octanol–water partition coefficient (Wildman–Crippen LogP) is 3.42. The molecular formula is C18H26O5Si. The molecule has 1 aromatic carbocycles. The molecule has 0 amide bonds. The number of hydrogen-bond donors (Lipinski definition) is 0. The number of rotatable bonds is 4. The lowest BCUT2D eigenvalue weighted by molar-refractivity contribution is -0.164. The third-order valence-electron chi connectivity index (χ3n) is 5.20. The number of ether oxygens (including phenoxy) is 3. The number of cyclic esters (lactones) is 1. The van der Waals surface area contributed by atoms with Crippen LogP contribution in [0.5, 0.6) is 0 Å². The highest BCUT2D eigenvalue weighted by atomic mass is 28.4. The Morgan fingerprint density at radius 2 is 1.79 bits per heavy atom. The minimum absolute atomic E-state index is 0.106. The van der Waals surface area contributed by atoms with Crippen LogP contribution in [0.1, 0.15) is 32.6 Å². The van der Waals surface area contributed by atoms with Crippen LogP contribution in [-0.2, 0) is 23.4 Å². The fourth-order valence-electron chi connectivity index (χ4n) is 2.62. The molecule has 2 heterocycles. The van der Waals surface area contributed by atoms with Crippen LogP contribution in [0.15, 0.2) is 30.3 Å². The monoisotopic (exact) mass is 350 g/mol. The molecule has 0 radical (unpaired) electrons. The molecular weight excluding hydrogens is 324 g/mol. The smallest absolute Gasteiger partial charge is 0.338 e. The maximum Gasteiger partial charge on any atom is 0.338 e. The van der Waals surface area contributed by atoms with Gasteiger partial charge in [0.25, 0.3) is 0 Å². The van der Waals surface area contributed by atoms with E-state index in [1.54, 1.807) is 0 Å². The van der Waals surface area contributed by atoms with Gasteiger partial charge in [-0.25, -0.2) is 4.79 Å². The van der Waals surface area contributed by atoms with E-state index in [1.165, 1.54) is 0 Å². The van der Waals surface area contributed by atoms with Crippen LogP contribution >= 0.6 is 0 Å². The predicted molar refractivity (Wildman–Crippen MR) is 92.0 cm³/mol. The van der Waals surface area contributed by atoms with Gasteiger partial charge in [-0.3, -0.25) is 0 Å². The van der Waals surface area contributed by atoms with Gasteiger partial charge in [0.15, 0.2) is 26.8 Å². The Morgan fingerprint density at radius 1 is 1.12 bits per heavy atom. The zero-order chi connectivity index (χ0) is 17.5.